The van der Waals surface area contributed by atoms with Crippen molar-refractivity contribution in [2.75, 3.05) is 26.7 Å². The molecular weight excluding hydrogens is 283 g/mol. The number of methoxy groups -OCH3 is 1. The Hall–Kier alpha value is -0.480. The van der Waals surface area contributed by atoms with Gasteiger partial charge in [-0.05, 0) is 50.0 Å². The molecule has 0 amide bonds. The topological polar surface area (TPSA) is 38.5 Å². The first-order valence-electron chi connectivity index (χ1n) is 6.39. The summed E-state index contributed by atoms with van der Waals surface area (Å²) in [6.45, 7) is 3.44. The molecule has 1 aliphatic heterocycles. The smallest absolute Gasteiger partial charge is 0.118 e. The zero-order valence-corrected chi connectivity index (χ0v) is 13.0. The van der Waals surface area contributed by atoms with E-state index in [9.17, 15) is 0 Å². The Morgan fingerprint density at radius 2 is 1.74 bits per heavy atom. The molecule has 0 spiro atoms. The molecule has 0 saturated carbocycles. The summed E-state index contributed by atoms with van der Waals surface area (Å²) in [5.41, 5.74) is 7.27. The van der Waals surface area contributed by atoms with Gasteiger partial charge in [-0.2, -0.15) is 0 Å². The summed E-state index contributed by atoms with van der Waals surface area (Å²) in [4.78, 5) is 2.51. The summed E-state index contributed by atoms with van der Waals surface area (Å²) in [5, 5.41) is 0. The molecular formula is C14H24Cl2N2O. The third kappa shape index (κ3) is 6.00. The summed E-state index contributed by atoms with van der Waals surface area (Å²) >= 11 is 0. The maximum absolute atomic E-state index is 5.90. The van der Waals surface area contributed by atoms with Gasteiger partial charge in [-0.15, -0.1) is 24.8 Å². The van der Waals surface area contributed by atoms with E-state index in [1.807, 2.05) is 12.1 Å². The fourth-order valence-electron chi connectivity index (χ4n) is 2.26. The van der Waals surface area contributed by atoms with Crippen LogP contribution in [-0.4, -0.2) is 37.7 Å². The van der Waals surface area contributed by atoms with E-state index in [4.69, 9.17) is 10.5 Å². The molecule has 1 heterocycles. The molecule has 0 aliphatic carbocycles. The van der Waals surface area contributed by atoms with Gasteiger partial charge < -0.3 is 15.4 Å². The highest BCUT2D eigenvalue weighted by Gasteiger charge is 2.15. The number of rotatable bonds is 4. The van der Waals surface area contributed by atoms with Crippen LogP contribution >= 0.6 is 24.8 Å². The largest absolute Gasteiger partial charge is 0.497 e. The van der Waals surface area contributed by atoms with Gasteiger partial charge in [0.2, 0.25) is 0 Å². The number of ether oxygens (including phenoxy) is 1. The van der Waals surface area contributed by atoms with E-state index >= 15 is 0 Å². The molecule has 0 atom stereocenters. The Balaban J connectivity index is 0.00000162. The van der Waals surface area contributed by atoms with Crippen LogP contribution in [0.1, 0.15) is 18.4 Å². The summed E-state index contributed by atoms with van der Waals surface area (Å²) < 4.78 is 5.15. The second kappa shape index (κ2) is 9.43. The molecule has 5 heteroatoms. The predicted molar refractivity (Wildman–Crippen MR) is 84.8 cm³/mol. The minimum atomic E-state index is 0. The Bertz CT molecular complexity index is 338. The average molecular weight is 307 g/mol. The summed E-state index contributed by atoms with van der Waals surface area (Å²) in [7, 11) is 1.70. The predicted octanol–water partition coefficient (Wildman–Crippen LogP) is 2.50. The molecule has 0 aromatic heterocycles. The van der Waals surface area contributed by atoms with Crippen molar-refractivity contribution in [1.29, 1.82) is 0 Å². The molecule has 3 nitrogen and oxygen atoms in total. The number of piperidine rings is 1. The summed E-state index contributed by atoms with van der Waals surface area (Å²) in [6.07, 6.45) is 3.39. The molecule has 1 aromatic rings. The lowest BCUT2D eigenvalue weighted by molar-refractivity contribution is 0.215. The van der Waals surface area contributed by atoms with Gasteiger partial charge in [0, 0.05) is 12.6 Å². The molecule has 2 N–H and O–H groups in total. The number of nitrogens with zero attached hydrogens (tertiary/aromatic N) is 1. The highest BCUT2D eigenvalue weighted by molar-refractivity contribution is 5.85. The first-order valence-corrected chi connectivity index (χ1v) is 6.39. The van der Waals surface area contributed by atoms with Crippen LogP contribution in [0.15, 0.2) is 24.3 Å². The lowest BCUT2D eigenvalue weighted by Crippen LogP contribution is -2.40. The van der Waals surface area contributed by atoms with Crippen molar-refractivity contribution in [2.24, 2.45) is 5.73 Å². The van der Waals surface area contributed by atoms with Gasteiger partial charge in [-0.1, -0.05) is 12.1 Å². The number of halogens is 2. The van der Waals surface area contributed by atoms with E-state index in [0.29, 0.717) is 6.04 Å². The van der Waals surface area contributed by atoms with Crippen LogP contribution in [0.4, 0.5) is 0 Å². The van der Waals surface area contributed by atoms with E-state index in [1.54, 1.807) is 7.11 Å². The van der Waals surface area contributed by atoms with Gasteiger partial charge in [0.05, 0.1) is 7.11 Å². The van der Waals surface area contributed by atoms with Crippen molar-refractivity contribution in [3.8, 4) is 5.75 Å². The maximum Gasteiger partial charge on any atom is 0.118 e. The molecule has 1 saturated heterocycles. The number of hydrogen-bond donors (Lipinski definition) is 1. The van der Waals surface area contributed by atoms with Crippen LogP contribution < -0.4 is 10.5 Å². The fourth-order valence-corrected chi connectivity index (χ4v) is 2.26. The molecule has 0 unspecified atom stereocenters. The van der Waals surface area contributed by atoms with Crippen LogP contribution in [0, 0.1) is 0 Å². The van der Waals surface area contributed by atoms with E-state index in [1.165, 1.54) is 5.56 Å². The number of hydrogen-bond acceptors (Lipinski definition) is 3. The van der Waals surface area contributed by atoms with Crippen LogP contribution in [-0.2, 0) is 6.42 Å². The Morgan fingerprint density at radius 1 is 1.16 bits per heavy atom. The van der Waals surface area contributed by atoms with Gasteiger partial charge in [0.15, 0.2) is 0 Å². The van der Waals surface area contributed by atoms with Crippen LogP contribution in [0.2, 0.25) is 0 Å². The minimum absolute atomic E-state index is 0. The van der Waals surface area contributed by atoms with Gasteiger partial charge in [0.1, 0.15) is 5.75 Å². The molecule has 0 bridgehead atoms. The first kappa shape index (κ1) is 18.5. The van der Waals surface area contributed by atoms with Crippen molar-refractivity contribution < 1.29 is 4.74 Å². The molecule has 0 radical (unpaired) electrons. The normalized spacial score (nSPS) is 16.3. The number of nitrogens with two attached hydrogens (primary N) is 1. The van der Waals surface area contributed by atoms with Gasteiger partial charge in [0.25, 0.3) is 0 Å². The minimum Gasteiger partial charge on any atom is -0.497 e. The SMILES string of the molecule is COc1ccc(CCN2CCC(N)CC2)cc1.Cl.Cl. The number of benzene rings is 1. The molecule has 1 aliphatic rings. The quantitative estimate of drug-likeness (QED) is 0.929. The highest BCUT2D eigenvalue weighted by Crippen LogP contribution is 2.13. The van der Waals surface area contributed by atoms with Gasteiger partial charge in [-0.25, -0.2) is 0 Å². The van der Waals surface area contributed by atoms with Crippen molar-refractivity contribution in [3.05, 3.63) is 29.8 Å². The third-order valence-corrected chi connectivity index (χ3v) is 3.51. The van der Waals surface area contributed by atoms with E-state index in [-0.39, 0.29) is 24.8 Å². The van der Waals surface area contributed by atoms with E-state index in [0.717, 1.165) is 44.6 Å². The van der Waals surface area contributed by atoms with E-state index < -0.39 is 0 Å². The Kier molecular flexibility index (Phi) is 9.19. The first-order chi connectivity index (χ1) is 8.28. The molecule has 2 rings (SSSR count). The van der Waals surface area contributed by atoms with Gasteiger partial charge >= 0.3 is 0 Å². The zero-order chi connectivity index (χ0) is 12.1. The van der Waals surface area contributed by atoms with Crippen molar-refractivity contribution >= 4 is 24.8 Å². The molecule has 110 valence electrons. The van der Waals surface area contributed by atoms with Crippen molar-refractivity contribution in [2.45, 2.75) is 25.3 Å². The lowest BCUT2D eigenvalue weighted by Gasteiger charge is -2.29. The summed E-state index contributed by atoms with van der Waals surface area (Å²) in [6, 6.07) is 8.78. The standard InChI is InChI=1S/C14H22N2O.2ClH/c1-17-14-4-2-12(3-5-14)6-9-16-10-7-13(15)8-11-16;;/h2-5,13H,6-11,15H2,1H3;2*1H. The highest BCUT2D eigenvalue weighted by atomic mass is 35.5. The van der Waals surface area contributed by atoms with Crippen LogP contribution in [0.3, 0.4) is 0 Å². The lowest BCUT2D eigenvalue weighted by atomic mass is 10.1. The maximum atomic E-state index is 5.90. The van der Waals surface area contributed by atoms with Crippen molar-refractivity contribution in [3.63, 3.8) is 0 Å². The van der Waals surface area contributed by atoms with Crippen molar-refractivity contribution in [1.82, 2.24) is 4.90 Å². The zero-order valence-electron chi connectivity index (χ0n) is 11.4. The van der Waals surface area contributed by atoms with E-state index in [2.05, 4.69) is 17.0 Å². The molecule has 19 heavy (non-hydrogen) atoms. The monoisotopic (exact) mass is 306 g/mol. The van der Waals surface area contributed by atoms with Crippen LogP contribution in [0.25, 0.3) is 0 Å². The Labute approximate surface area is 128 Å². The summed E-state index contributed by atoms with van der Waals surface area (Å²) in [5.74, 6) is 0.928. The molecule has 1 fully saturated rings. The van der Waals surface area contributed by atoms with Gasteiger partial charge in [-0.3, -0.25) is 0 Å². The second-order valence-corrected chi connectivity index (χ2v) is 4.78. The second-order valence-electron chi connectivity index (χ2n) is 4.78. The Morgan fingerprint density at radius 3 is 2.26 bits per heavy atom. The van der Waals surface area contributed by atoms with Crippen LogP contribution in [0.5, 0.6) is 5.75 Å². The molecule has 1 aromatic carbocycles. The average Bonchev–Trinajstić information content (AvgIpc) is 2.39. The third-order valence-electron chi connectivity index (χ3n) is 3.51. The number of likely N-dealkylation sites (tertiary alicyclic amines) is 1. The fraction of sp³-hybridized carbons (Fsp3) is 0.571.